The van der Waals surface area contributed by atoms with Gasteiger partial charge in [0.05, 0.1) is 6.07 Å². The van der Waals surface area contributed by atoms with E-state index in [2.05, 4.69) is 0 Å². The first-order valence-electron chi connectivity index (χ1n) is 4.08. The fourth-order valence-electron chi connectivity index (χ4n) is 1.16. The van der Waals surface area contributed by atoms with Gasteiger partial charge in [0.1, 0.15) is 0 Å². The van der Waals surface area contributed by atoms with Crippen LogP contribution in [0.5, 0.6) is 0 Å². The maximum atomic E-state index is 8.41. The number of anilines is 1. The number of para-hydroxylation sites is 1. The van der Waals surface area contributed by atoms with E-state index in [0.29, 0.717) is 0 Å². The van der Waals surface area contributed by atoms with E-state index in [9.17, 15) is 0 Å². The van der Waals surface area contributed by atoms with Gasteiger partial charge in [0.2, 0.25) is 0 Å². The van der Waals surface area contributed by atoms with E-state index in [1.807, 2.05) is 55.4 Å². The average Bonchev–Trinajstić information content (AvgIpc) is 2.15. The number of nitrogens with zero attached hydrogens (tertiary/aromatic N) is 2. The van der Waals surface area contributed by atoms with Gasteiger partial charge in [-0.05, 0) is 17.7 Å². The van der Waals surface area contributed by atoms with E-state index < -0.39 is 0 Å². The molecule has 0 saturated heterocycles. The third-order valence-electron chi connectivity index (χ3n) is 1.76. The third kappa shape index (κ3) is 2.34. The summed E-state index contributed by atoms with van der Waals surface area (Å²) in [4.78, 5) is 2.02. The van der Waals surface area contributed by atoms with Crippen LogP contribution in [0.15, 0.2) is 30.3 Å². The first-order chi connectivity index (χ1) is 6.25. The van der Waals surface area contributed by atoms with Crippen molar-refractivity contribution in [2.45, 2.75) is 0 Å². The summed E-state index contributed by atoms with van der Waals surface area (Å²) in [5, 5.41) is 8.41. The Kier molecular flexibility index (Phi) is 3.10. The molecular weight excluding hydrogens is 160 g/mol. The summed E-state index contributed by atoms with van der Waals surface area (Å²) in [6.45, 7) is 0. The van der Waals surface area contributed by atoms with Crippen LogP contribution in [-0.2, 0) is 0 Å². The predicted molar refractivity (Wildman–Crippen MR) is 55.4 cm³/mol. The van der Waals surface area contributed by atoms with Crippen molar-refractivity contribution in [1.29, 1.82) is 5.26 Å². The van der Waals surface area contributed by atoms with Crippen LogP contribution < -0.4 is 4.90 Å². The fraction of sp³-hybridized carbons (Fsp3) is 0.182. The Morgan fingerprint density at radius 2 is 2.00 bits per heavy atom. The van der Waals surface area contributed by atoms with Gasteiger partial charge in [-0.3, -0.25) is 0 Å². The van der Waals surface area contributed by atoms with Crippen molar-refractivity contribution >= 4 is 11.8 Å². The van der Waals surface area contributed by atoms with E-state index in [4.69, 9.17) is 5.26 Å². The molecule has 1 rings (SSSR count). The van der Waals surface area contributed by atoms with Gasteiger partial charge in [-0.2, -0.15) is 5.26 Å². The molecule has 1 aromatic carbocycles. The van der Waals surface area contributed by atoms with Crippen LogP contribution in [0.25, 0.3) is 6.08 Å². The molecule has 2 nitrogen and oxygen atoms in total. The van der Waals surface area contributed by atoms with Crippen molar-refractivity contribution in [1.82, 2.24) is 0 Å². The highest BCUT2D eigenvalue weighted by molar-refractivity contribution is 5.68. The number of nitriles is 1. The standard InChI is InChI=1S/C11H12N2/c1-13(2)11-8-4-3-6-10(11)7-5-9-12/h3-8H,1-2H3/b7-5+. The lowest BCUT2D eigenvalue weighted by molar-refractivity contribution is 1.13. The second-order valence-electron chi connectivity index (χ2n) is 2.92. The smallest absolute Gasteiger partial charge is 0.0912 e. The molecule has 0 N–H and O–H groups in total. The summed E-state index contributed by atoms with van der Waals surface area (Å²) in [5.74, 6) is 0. The lowest BCUT2D eigenvalue weighted by atomic mass is 10.1. The summed E-state index contributed by atoms with van der Waals surface area (Å²) in [5.41, 5.74) is 2.18. The van der Waals surface area contributed by atoms with Crippen molar-refractivity contribution < 1.29 is 0 Å². The van der Waals surface area contributed by atoms with Crippen LogP contribution in [0.2, 0.25) is 0 Å². The SMILES string of the molecule is CN(C)c1ccccc1/C=C/C#N. The fourth-order valence-corrected chi connectivity index (χ4v) is 1.16. The van der Waals surface area contributed by atoms with Gasteiger partial charge in [-0.15, -0.1) is 0 Å². The van der Waals surface area contributed by atoms with Crippen LogP contribution in [0.4, 0.5) is 5.69 Å². The van der Waals surface area contributed by atoms with Gasteiger partial charge >= 0.3 is 0 Å². The van der Waals surface area contributed by atoms with Crippen LogP contribution in [-0.4, -0.2) is 14.1 Å². The molecule has 0 bridgehead atoms. The van der Waals surface area contributed by atoms with Crippen molar-refractivity contribution in [2.75, 3.05) is 19.0 Å². The quantitative estimate of drug-likeness (QED) is 0.640. The minimum Gasteiger partial charge on any atom is -0.377 e. The molecule has 0 amide bonds. The summed E-state index contributed by atoms with van der Waals surface area (Å²) in [7, 11) is 3.97. The van der Waals surface area contributed by atoms with Gasteiger partial charge in [0, 0.05) is 25.9 Å². The summed E-state index contributed by atoms with van der Waals surface area (Å²) >= 11 is 0. The van der Waals surface area contributed by atoms with Crippen molar-refractivity contribution in [3.63, 3.8) is 0 Å². The number of rotatable bonds is 2. The molecule has 0 unspecified atom stereocenters. The first-order valence-corrected chi connectivity index (χ1v) is 4.08. The van der Waals surface area contributed by atoms with Crippen molar-refractivity contribution in [3.05, 3.63) is 35.9 Å². The molecule has 0 saturated carbocycles. The molecule has 0 radical (unpaired) electrons. The van der Waals surface area contributed by atoms with Gasteiger partial charge < -0.3 is 4.90 Å². The van der Waals surface area contributed by atoms with Crippen LogP contribution in [0, 0.1) is 11.3 Å². The number of hydrogen-bond acceptors (Lipinski definition) is 2. The van der Waals surface area contributed by atoms with E-state index in [-0.39, 0.29) is 0 Å². The Labute approximate surface area is 78.7 Å². The molecular formula is C11H12N2. The Bertz CT molecular complexity index is 345. The van der Waals surface area contributed by atoms with Gasteiger partial charge in [-0.1, -0.05) is 18.2 Å². The molecule has 0 aromatic heterocycles. The second-order valence-corrected chi connectivity index (χ2v) is 2.92. The molecule has 0 aliphatic rings. The van der Waals surface area contributed by atoms with E-state index >= 15 is 0 Å². The number of hydrogen-bond donors (Lipinski definition) is 0. The predicted octanol–water partition coefficient (Wildman–Crippen LogP) is 2.29. The normalized spacial score (nSPS) is 9.92. The first kappa shape index (κ1) is 9.34. The van der Waals surface area contributed by atoms with E-state index in [0.717, 1.165) is 11.3 Å². The van der Waals surface area contributed by atoms with Crippen LogP contribution >= 0.6 is 0 Å². The third-order valence-corrected chi connectivity index (χ3v) is 1.76. The molecule has 0 fully saturated rings. The zero-order chi connectivity index (χ0) is 9.68. The number of benzene rings is 1. The average molecular weight is 172 g/mol. The second kappa shape index (κ2) is 4.32. The van der Waals surface area contributed by atoms with Crippen molar-refractivity contribution in [3.8, 4) is 6.07 Å². The maximum Gasteiger partial charge on any atom is 0.0912 e. The zero-order valence-electron chi connectivity index (χ0n) is 7.86. The highest BCUT2D eigenvalue weighted by Crippen LogP contribution is 2.18. The molecule has 0 atom stereocenters. The van der Waals surface area contributed by atoms with E-state index in [1.165, 1.54) is 6.08 Å². The summed E-state index contributed by atoms with van der Waals surface area (Å²) in [6.07, 6.45) is 3.30. The Morgan fingerprint density at radius 3 is 2.62 bits per heavy atom. The lowest BCUT2D eigenvalue weighted by Crippen LogP contribution is -2.09. The molecule has 0 aliphatic heterocycles. The topological polar surface area (TPSA) is 27.0 Å². The Morgan fingerprint density at radius 1 is 1.31 bits per heavy atom. The monoisotopic (exact) mass is 172 g/mol. The largest absolute Gasteiger partial charge is 0.377 e. The lowest BCUT2D eigenvalue weighted by Gasteiger charge is -2.14. The van der Waals surface area contributed by atoms with Gasteiger partial charge in [0.25, 0.3) is 0 Å². The highest BCUT2D eigenvalue weighted by Gasteiger charge is 1.98. The number of allylic oxidation sites excluding steroid dienone is 1. The van der Waals surface area contributed by atoms with E-state index in [1.54, 1.807) is 0 Å². The molecule has 0 aliphatic carbocycles. The molecule has 66 valence electrons. The van der Waals surface area contributed by atoms with Gasteiger partial charge in [0.15, 0.2) is 0 Å². The minimum atomic E-state index is 1.06. The molecule has 2 heteroatoms. The molecule has 0 heterocycles. The Hall–Kier alpha value is -1.75. The Balaban J connectivity index is 3.06. The summed E-state index contributed by atoms with van der Waals surface area (Å²) in [6, 6.07) is 9.94. The van der Waals surface area contributed by atoms with Crippen LogP contribution in [0.3, 0.4) is 0 Å². The summed E-state index contributed by atoms with van der Waals surface area (Å²) < 4.78 is 0. The van der Waals surface area contributed by atoms with Crippen molar-refractivity contribution in [2.24, 2.45) is 0 Å². The van der Waals surface area contributed by atoms with Crippen LogP contribution in [0.1, 0.15) is 5.56 Å². The highest BCUT2D eigenvalue weighted by atomic mass is 15.1. The zero-order valence-corrected chi connectivity index (χ0v) is 7.86. The maximum absolute atomic E-state index is 8.41. The molecule has 1 aromatic rings. The molecule has 0 spiro atoms. The van der Waals surface area contributed by atoms with Gasteiger partial charge in [-0.25, -0.2) is 0 Å². The molecule has 13 heavy (non-hydrogen) atoms. The minimum absolute atomic E-state index is 1.06.